The first kappa shape index (κ1) is 13.3. The van der Waals surface area contributed by atoms with Gasteiger partial charge in [0.15, 0.2) is 0 Å². The molecule has 0 amide bonds. The Balaban J connectivity index is 2.33. The Morgan fingerprint density at radius 3 is 2.27 bits per heavy atom. The van der Waals surface area contributed by atoms with E-state index >= 15 is 0 Å². The van der Waals surface area contributed by atoms with E-state index in [-0.39, 0.29) is 12.2 Å². The zero-order chi connectivity index (χ0) is 11.3. The lowest BCUT2D eigenvalue weighted by Crippen LogP contribution is -2.13. The van der Waals surface area contributed by atoms with Gasteiger partial charge in [0.25, 0.3) is 0 Å². The van der Waals surface area contributed by atoms with Gasteiger partial charge >= 0.3 is 7.94 Å². The molecule has 1 rings (SSSR count). The van der Waals surface area contributed by atoms with Crippen molar-refractivity contribution in [3.05, 3.63) is 0 Å². The Morgan fingerprint density at radius 1 is 1.27 bits per heavy atom. The molecular formula is C9H20O5P+. The van der Waals surface area contributed by atoms with Crippen molar-refractivity contribution >= 4 is 7.94 Å². The van der Waals surface area contributed by atoms with Gasteiger partial charge in [0.2, 0.25) is 0 Å². The number of aliphatic hydroxyl groups excluding tert-OH is 1. The zero-order valence-electron chi connectivity index (χ0n) is 9.51. The summed E-state index contributed by atoms with van der Waals surface area (Å²) in [6.07, 6.45) is 1.95. The minimum absolute atomic E-state index is 0.0971. The van der Waals surface area contributed by atoms with Crippen molar-refractivity contribution in [3.63, 3.8) is 0 Å². The van der Waals surface area contributed by atoms with Gasteiger partial charge in [0.1, 0.15) is 6.16 Å². The van der Waals surface area contributed by atoms with Gasteiger partial charge in [-0.3, -0.25) is 0 Å². The number of hydrogen-bond donors (Lipinski definition) is 1. The quantitative estimate of drug-likeness (QED) is 0.706. The molecule has 15 heavy (non-hydrogen) atoms. The van der Waals surface area contributed by atoms with Gasteiger partial charge in [-0.2, -0.15) is 13.6 Å². The molecule has 90 valence electrons. The Kier molecular flexibility index (Phi) is 5.39. The summed E-state index contributed by atoms with van der Waals surface area (Å²) in [5, 5.41) is 9.29. The van der Waals surface area contributed by atoms with Crippen molar-refractivity contribution in [1.82, 2.24) is 0 Å². The second-order valence-electron chi connectivity index (χ2n) is 3.52. The highest BCUT2D eigenvalue weighted by molar-refractivity contribution is 7.61. The van der Waals surface area contributed by atoms with Crippen molar-refractivity contribution in [2.75, 3.05) is 34.1 Å². The lowest BCUT2D eigenvalue weighted by Gasteiger charge is -2.18. The number of hydrogen-bond acceptors (Lipinski definition) is 5. The summed E-state index contributed by atoms with van der Waals surface area (Å²) in [4.78, 5) is 0. The lowest BCUT2D eigenvalue weighted by atomic mass is 10.2. The second kappa shape index (κ2) is 6.09. The number of rotatable bonds is 6. The number of ether oxygens (including phenoxy) is 1. The van der Waals surface area contributed by atoms with E-state index in [2.05, 4.69) is 0 Å². The Hall–Kier alpha value is 0.230. The average molecular weight is 239 g/mol. The molecule has 1 N–H and O–H groups in total. The maximum atomic E-state index is 9.29. The molecule has 1 aliphatic heterocycles. The summed E-state index contributed by atoms with van der Waals surface area (Å²) >= 11 is 0. The molecule has 0 aromatic carbocycles. The summed E-state index contributed by atoms with van der Waals surface area (Å²) in [5.41, 5.74) is 0. The molecule has 0 aliphatic carbocycles. The molecule has 2 atom stereocenters. The van der Waals surface area contributed by atoms with E-state index in [4.69, 9.17) is 18.3 Å². The van der Waals surface area contributed by atoms with Gasteiger partial charge in [-0.25, -0.2) is 0 Å². The van der Waals surface area contributed by atoms with E-state index < -0.39 is 7.94 Å². The van der Waals surface area contributed by atoms with Crippen LogP contribution in [0.2, 0.25) is 0 Å². The van der Waals surface area contributed by atoms with Gasteiger partial charge in [-0.05, 0) is 0 Å². The molecule has 1 fully saturated rings. The van der Waals surface area contributed by atoms with Crippen LogP contribution in [0.1, 0.15) is 12.8 Å². The average Bonchev–Trinajstić information content (AvgIpc) is 2.67. The molecule has 5 nitrogen and oxygen atoms in total. The Labute approximate surface area is 91.2 Å². The molecule has 0 saturated carbocycles. The van der Waals surface area contributed by atoms with Gasteiger partial charge in [-0.1, -0.05) is 0 Å². The molecule has 0 unspecified atom stereocenters. The molecule has 0 spiro atoms. The molecule has 1 heterocycles. The fraction of sp³-hybridized carbons (Fsp3) is 1.00. The van der Waals surface area contributed by atoms with Crippen molar-refractivity contribution in [2.24, 2.45) is 0 Å². The van der Waals surface area contributed by atoms with Crippen LogP contribution in [-0.2, 0) is 18.3 Å². The fourth-order valence-corrected chi connectivity index (χ4v) is 3.29. The van der Waals surface area contributed by atoms with Crippen LogP contribution in [0.15, 0.2) is 0 Å². The fourth-order valence-electron chi connectivity index (χ4n) is 1.69. The molecule has 1 saturated heterocycles. The summed E-state index contributed by atoms with van der Waals surface area (Å²) in [5.74, 6) is 0. The Bertz CT molecular complexity index is 177. The van der Waals surface area contributed by atoms with Gasteiger partial charge < -0.3 is 9.84 Å². The normalized spacial score (nSPS) is 27.2. The number of aliphatic hydroxyl groups is 1. The van der Waals surface area contributed by atoms with Crippen LogP contribution in [-0.4, -0.2) is 51.4 Å². The third-order valence-corrected chi connectivity index (χ3v) is 5.09. The summed E-state index contributed by atoms with van der Waals surface area (Å²) in [6.45, 7) is 0.434. The minimum atomic E-state index is -2.17. The van der Waals surface area contributed by atoms with Crippen molar-refractivity contribution in [1.29, 1.82) is 0 Å². The summed E-state index contributed by atoms with van der Waals surface area (Å²) in [7, 11) is 2.59. The topological polar surface area (TPSA) is 57.2 Å². The first-order chi connectivity index (χ1) is 7.15. The third kappa shape index (κ3) is 3.63. The monoisotopic (exact) mass is 239 g/mol. The minimum Gasteiger partial charge on any atom is -0.391 e. The van der Waals surface area contributed by atoms with Crippen LogP contribution < -0.4 is 0 Å². The first-order valence-electron chi connectivity index (χ1n) is 5.00. The van der Waals surface area contributed by atoms with Crippen LogP contribution in [0.3, 0.4) is 0 Å². The van der Waals surface area contributed by atoms with Crippen molar-refractivity contribution < 1.29 is 23.4 Å². The van der Waals surface area contributed by atoms with Crippen LogP contribution in [0.25, 0.3) is 0 Å². The molecule has 6 heteroatoms. The van der Waals surface area contributed by atoms with E-state index in [9.17, 15) is 5.11 Å². The van der Waals surface area contributed by atoms with Crippen LogP contribution in [0, 0.1) is 0 Å². The third-order valence-electron chi connectivity index (χ3n) is 2.62. The molecule has 0 aromatic heterocycles. The smallest absolute Gasteiger partial charge is 0.391 e. The van der Waals surface area contributed by atoms with Crippen LogP contribution in [0.4, 0.5) is 0 Å². The van der Waals surface area contributed by atoms with E-state index in [1.807, 2.05) is 0 Å². The van der Waals surface area contributed by atoms with E-state index in [0.29, 0.717) is 19.2 Å². The molecular weight excluding hydrogens is 219 g/mol. The summed E-state index contributed by atoms with van der Waals surface area (Å²) in [6, 6.07) is 0. The first-order valence-corrected chi connectivity index (χ1v) is 6.73. The molecule has 0 radical (unpaired) electrons. The standard InChI is InChI=1S/C9H20O5P/c1-11-15(12-2,13-3)5-4-9-6-8(10)7-14-9/h8-10H,4-7H2,1-3H3/q+1/t8-,9-/m1/s1. The highest BCUT2D eigenvalue weighted by atomic mass is 31.2. The van der Waals surface area contributed by atoms with Crippen molar-refractivity contribution in [3.8, 4) is 0 Å². The predicted molar refractivity (Wildman–Crippen MR) is 57.8 cm³/mol. The van der Waals surface area contributed by atoms with Gasteiger partial charge in [-0.15, -0.1) is 0 Å². The zero-order valence-corrected chi connectivity index (χ0v) is 10.4. The Morgan fingerprint density at radius 2 is 1.87 bits per heavy atom. The van der Waals surface area contributed by atoms with E-state index in [0.717, 1.165) is 6.42 Å². The van der Waals surface area contributed by atoms with Crippen LogP contribution in [0.5, 0.6) is 0 Å². The lowest BCUT2D eigenvalue weighted by molar-refractivity contribution is 0.0854. The van der Waals surface area contributed by atoms with Crippen LogP contribution >= 0.6 is 7.94 Å². The second-order valence-corrected chi connectivity index (χ2v) is 6.28. The maximum absolute atomic E-state index is 9.29. The van der Waals surface area contributed by atoms with E-state index in [1.165, 1.54) is 0 Å². The van der Waals surface area contributed by atoms with E-state index in [1.54, 1.807) is 21.3 Å². The van der Waals surface area contributed by atoms with Gasteiger partial charge in [0.05, 0.1) is 40.1 Å². The molecule has 0 aromatic rings. The predicted octanol–water partition coefficient (Wildman–Crippen LogP) is 1.23. The van der Waals surface area contributed by atoms with Crippen molar-refractivity contribution in [2.45, 2.75) is 25.0 Å². The summed E-state index contributed by atoms with van der Waals surface area (Å²) < 4.78 is 21.2. The SMILES string of the molecule is CO[P+](CC[C@@H]1C[C@@H](O)CO1)(OC)OC. The van der Waals surface area contributed by atoms with Gasteiger partial charge in [0, 0.05) is 12.8 Å². The highest BCUT2D eigenvalue weighted by Gasteiger charge is 2.42. The highest BCUT2D eigenvalue weighted by Crippen LogP contribution is 2.60. The largest absolute Gasteiger partial charge is 0.410 e. The molecule has 1 aliphatic rings. The molecule has 0 bridgehead atoms. The maximum Gasteiger partial charge on any atom is 0.410 e.